The Kier molecular flexibility index (Phi) is 3.28. The van der Waals surface area contributed by atoms with E-state index in [9.17, 15) is 4.39 Å². The minimum Gasteiger partial charge on any atom is -0.375 e. The molecule has 2 nitrogen and oxygen atoms in total. The Morgan fingerprint density at radius 2 is 2.19 bits per heavy atom. The number of hydrogen-bond donors (Lipinski definition) is 1. The summed E-state index contributed by atoms with van der Waals surface area (Å²) in [6, 6.07) is 7.14. The minimum atomic E-state index is -0.177. The fourth-order valence-corrected chi connectivity index (χ4v) is 4.90. The van der Waals surface area contributed by atoms with Crippen molar-refractivity contribution in [3.63, 3.8) is 0 Å². The molecule has 4 heteroatoms. The maximum atomic E-state index is 13.3. The van der Waals surface area contributed by atoms with Crippen LogP contribution in [-0.2, 0) is 4.74 Å². The minimum absolute atomic E-state index is 0.0480. The van der Waals surface area contributed by atoms with E-state index >= 15 is 0 Å². The fraction of sp³-hybridized carbons (Fsp3) is 0.529. The van der Waals surface area contributed by atoms with Crippen LogP contribution in [0.25, 0.3) is 10.1 Å². The molecule has 0 amide bonds. The number of fused-ring (bicyclic) bond motifs is 1. The van der Waals surface area contributed by atoms with E-state index in [2.05, 4.69) is 6.07 Å². The quantitative estimate of drug-likeness (QED) is 0.893. The van der Waals surface area contributed by atoms with Gasteiger partial charge in [-0.15, -0.1) is 11.3 Å². The topological polar surface area (TPSA) is 35.2 Å². The largest absolute Gasteiger partial charge is 0.375 e. The van der Waals surface area contributed by atoms with Gasteiger partial charge in [0.05, 0.1) is 5.60 Å². The van der Waals surface area contributed by atoms with Crippen LogP contribution in [0.2, 0.25) is 0 Å². The molecule has 1 aliphatic carbocycles. The molecule has 21 heavy (non-hydrogen) atoms. The summed E-state index contributed by atoms with van der Waals surface area (Å²) in [7, 11) is 0. The molecule has 4 rings (SSSR count). The van der Waals surface area contributed by atoms with Crippen molar-refractivity contribution in [3.05, 3.63) is 35.0 Å². The van der Waals surface area contributed by atoms with Crippen molar-refractivity contribution in [1.82, 2.24) is 0 Å². The third-order valence-corrected chi connectivity index (χ3v) is 6.33. The highest BCUT2D eigenvalue weighted by Crippen LogP contribution is 2.47. The number of rotatable bonds is 2. The Balaban J connectivity index is 1.58. The third kappa shape index (κ3) is 2.39. The molecule has 2 heterocycles. The Morgan fingerprint density at radius 3 is 2.95 bits per heavy atom. The zero-order valence-corrected chi connectivity index (χ0v) is 12.8. The molecule has 2 fully saturated rings. The van der Waals surface area contributed by atoms with Crippen molar-refractivity contribution in [2.24, 2.45) is 11.7 Å². The smallest absolute Gasteiger partial charge is 0.124 e. The van der Waals surface area contributed by atoms with E-state index in [0.29, 0.717) is 5.92 Å². The van der Waals surface area contributed by atoms with Crippen LogP contribution in [0.15, 0.2) is 24.3 Å². The summed E-state index contributed by atoms with van der Waals surface area (Å²) in [5.74, 6) is 0.306. The van der Waals surface area contributed by atoms with Gasteiger partial charge in [0, 0.05) is 22.2 Å². The highest BCUT2D eigenvalue weighted by Gasteiger charge is 2.44. The molecule has 1 aromatic carbocycles. The standard InChI is InChI=1S/C17H20FNOS/c18-13-3-2-11-8-15(21-14(11)9-13)16(19)12-4-7-20-17(10-12)5-1-6-17/h2-3,8-9,12,16H,1,4-7,10,19H2. The van der Waals surface area contributed by atoms with Gasteiger partial charge in [-0.1, -0.05) is 6.07 Å². The van der Waals surface area contributed by atoms with Crippen LogP contribution >= 0.6 is 11.3 Å². The number of halogens is 1. The van der Waals surface area contributed by atoms with Gasteiger partial charge < -0.3 is 10.5 Å². The Bertz CT molecular complexity index is 664. The highest BCUT2D eigenvalue weighted by molar-refractivity contribution is 7.19. The SMILES string of the molecule is NC(c1cc2ccc(F)cc2s1)C1CCOC2(CCC2)C1. The van der Waals surface area contributed by atoms with Gasteiger partial charge in [-0.05, 0) is 61.6 Å². The Morgan fingerprint density at radius 1 is 1.33 bits per heavy atom. The summed E-state index contributed by atoms with van der Waals surface area (Å²) in [5.41, 5.74) is 6.66. The van der Waals surface area contributed by atoms with E-state index in [1.54, 1.807) is 17.4 Å². The molecule has 0 radical (unpaired) electrons. The second-order valence-corrected chi connectivity index (χ2v) is 7.61. The van der Waals surface area contributed by atoms with Crippen LogP contribution in [0.4, 0.5) is 4.39 Å². The van der Waals surface area contributed by atoms with Crippen LogP contribution < -0.4 is 5.73 Å². The average molecular weight is 305 g/mol. The lowest BCUT2D eigenvalue weighted by molar-refractivity contribution is -0.146. The molecular formula is C17H20FNOS. The fourth-order valence-electron chi connectivity index (χ4n) is 3.71. The molecule has 2 aromatic rings. The van der Waals surface area contributed by atoms with Gasteiger partial charge in [0.1, 0.15) is 5.82 Å². The van der Waals surface area contributed by atoms with E-state index in [4.69, 9.17) is 10.5 Å². The second kappa shape index (κ2) is 5.04. The van der Waals surface area contributed by atoms with Crippen LogP contribution in [0.3, 0.4) is 0 Å². The van der Waals surface area contributed by atoms with Gasteiger partial charge in [0.15, 0.2) is 0 Å². The van der Waals surface area contributed by atoms with Crippen LogP contribution in [0.1, 0.15) is 43.0 Å². The maximum Gasteiger partial charge on any atom is 0.124 e. The van der Waals surface area contributed by atoms with Gasteiger partial charge in [-0.2, -0.15) is 0 Å². The molecule has 1 aliphatic heterocycles. The molecule has 1 saturated heterocycles. The monoisotopic (exact) mass is 305 g/mol. The molecule has 2 aliphatic rings. The summed E-state index contributed by atoms with van der Waals surface area (Å²) in [5, 5.41) is 1.09. The van der Waals surface area contributed by atoms with E-state index < -0.39 is 0 Å². The first kappa shape index (κ1) is 13.7. The Hall–Kier alpha value is -0.970. The zero-order valence-electron chi connectivity index (χ0n) is 12.0. The van der Waals surface area contributed by atoms with Crippen molar-refractivity contribution in [1.29, 1.82) is 0 Å². The average Bonchev–Trinajstić information content (AvgIpc) is 2.88. The van der Waals surface area contributed by atoms with E-state index in [0.717, 1.165) is 29.5 Å². The van der Waals surface area contributed by atoms with Gasteiger partial charge in [0.25, 0.3) is 0 Å². The van der Waals surface area contributed by atoms with Crippen molar-refractivity contribution < 1.29 is 9.13 Å². The summed E-state index contributed by atoms with van der Waals surface area (Å²) in [6.45, 7) is 0.831. The lowest BCUT2D eigenvalue weighted by Gasteiger charge is -2.48. The normalized spacial score (nSPS) is 25.9. The van der Waals surface area contributed by atoms with Gasteiger partial charge in [-0.3, -0.25) is 0 Å². The number of benzene rings is 1. The summed E-state index contributed by atoms with van der Waals surface area (Å²) >= 11 is 1.63. The van der Waals surface area contributed by atoms with Crippen molar-refractivity contribution in [2.75, 3.05) is 6.61 Å². The zero-order chi connectivity index (χ0) is 14.4. The predicted molar refractivity (Wildman–Crippen MR) is 84.0 cm³/mol. The van der Waals surface area contributed by atoms with Gasteiger partial charge >= 0.3 is 0 Å². The molecule has 1 spiro atoms. The van der Waals surface area contributed by atoms with Gasteiger partial charge in [0.2, 0.25) is 0 Å². The first-order chi connectivity index (χ1) is 10.2. The number of nitrogens with two attached hydrogens (primary N) is 1. The van der Waals surface area contributed by atoms with Crippen LogP contribution in [0.5, 0.6) is 0 Å². The van der Waals surface area contributed by atoms with Crippen LogP contribution in [-0.4, -0.2) is 12.2 Å². The lowest BCUT2D eigenvalue weighted by Crippen LogP contribution is -2.47. The van der Waals surface area contributed by atoms with E-state index in [1.165, 1.54) is 30.2 Å². The van der Waals surface area contributed by atoms with Crippen molar-refractivity contribution in [3.8, 4) is 0 Å². The molecule has 0 bridgehead atoms. The molecule has 2 N–H and O–H groups in total. The molecule has 2 atom stereocenters. The van der Waals surface area contributed by atoms with Crippen LogP contribution in [0, 0.1) is 11.7 Å². The number of ether oxygens (including phenoxy) is 1. The molecule has 2 unspecified atom stereocenters. The molecule has 1 saturated carbocycles. The first-order valence-corrected chi connectivity index (χ1v) is 8.55. The first-order valence-electron chi connectivity index (χ1n) is 7.74. The van der Waals surface area contributed by atoms with Crippen molar-refractivity contribution in [2.45, 2.75) is 43.7 Å². The molecule has 1 aromatic heterocycles. The maximum absolute atomic E-state index is 13.3. The summed E-state index contributed by atoms with van der Waals surface area (Å²) in [4.78, 5) is 1.18. The lowest BCUT2D eigenvalue weighted by atomic mass is 9.70. The molecule has 112 valence electrons. The predicted octanol–water partition coefficient (Wildman–Crippen LogP) is 4.39. The Labute approximate surface area is 128 Å². The molecular weight excluding hydrogens is 285 g/mol. The third-order valence-electron chi connectivity index (χ3n) is 5.13. The van der Waals surface area contributed by atoms with Crippen molar-refractivity contribution >= 4 is 21.4 Å². The number of hydrogen-bond acceptors (Lipinski definition) is 3. The van der Waals surface area contributed by atoms with E-state index in [1.807, 2.05) is 6.07 Å². The van der Waals surface area contributed by atoms with Gasteiger partial charge in [-0.25, -0.2) is 4.39 Å². The van der Waals surface area contributed by atoms with E-state index in [-0.39, 0.29) is 17.5 Å². The summed E-state index contributed by atoms with van der Waals surface area (Å²) < 4.78 is 20.3. The summed E-state index contributed by atoms with van der Waals surface area (Å²) in [6.07, 6.45) is 5.77. The highest BCUT2D eigenvalue weighted by atomic mass is 32.1. The number of thiophene rings is 1. The second-order valence-electron chi connectivity index (χ2n) is 6.49.